The van der Waals surface area contributed by atoms with E-state index in [-0.39, 0.29) is 11.5 Å². The molecular formula is C15H10N2O3S2. The molecule has 1 saturated heterocycles. The van der Waals surface area contributed by atoms with Crippen molar-refractivity contribution in [3.8, 4) is 0 Å². The largest absolute Gasteiger partial charge is 0.478 e. The normalized spacial score (nSPS) is 17.9. The fourth-order valence-electron chi connectivity index (χ4n) is 1.84. The number of carbonyl (C=O) groups excluding carboxylic acids is 1. The highest BCUT2D eigenvalue weighted by molar-refractivity contribution is 8.18. The van der Waals surface area contributed by atoms with Crippen LogP contribution in [0.4, 0.5) is 5.69 Å². The van der Waals surface area contributed by atoms with Crippen molar-refractivity contribution in [1.82, 2.24) is 5.32 Å². The number of nitrogens with one attached hydrogen (secondary N) is 1. The van der Waals surface area contributed by atoms with Crippen LogP contribution in [0.15, 0.2) is 51.7 Å². The summed E-state index contributed by atoms with van der Waals surface area (Å²) in [6.45, 7) is 0. The van der Waals surface area contributed by atoms with Crippen molar-refractivity contribution in [3.63, 3.8) is 0 Å². The van der Waals surface area contributed by atoms with Crippen LogP contribution in [0.2, 0.25) is 0 Å². The smallest absolute Gasteiger partial charge is 0.337 e. The lowest BCUT2D eigenvalue weighted by Gasteiger charge is -2.00. The molecule has 1 aromatic heterocycles. The maximum Gasteiger partial charge on any atom is 0.337 e. The Kier molecular flexibility index (Phi) is 4.08. The molecule has 0 saturated carbocycles. The molecule has 0 atom stereocenters. The lowest BCUT2D eigenvalue weighted by molar-refractivity contribution is -0.115. The molecule has 7 heteroatoms. The summed E-state index contributed by atoms with van der Waals surface area (Å²) in [4.78, 5) is 28.8. The quantitative estimate of drug-likeness (QED) is 0.846. The van der Waals surface area contributed by atoms with Crippen LogP contribution in [-0.2, 0) is 4.79 Å². The Morgan fingerprint density at radius 3 is 2.77 bits per heavy atom. The zero-order valence-electron chi connectivity index (χ0n) is 11.1. The number of amidine groups is 1. The zero-order valence-corrected chi connectivity index (χ0v) is 12.8. The summed E-state index contributed by atoms with van der Waals surface area (Å²) in [7, 11) is 0. The van der Waals surface area contributed by atoms with E-state index in [1.807, 2.05) is 17.5 Å². The van der Waals surface area contributed by atoms with E-state index in [4.69, 9.17) is 5.11 Å². The van der Waals surface area contributed by atoms with Gasteiger partial charge in [0, 0.05) is 4.88 Å². The van der Waals surface area contributed by atoms with Crippen LogP contribution in [-0.4, -0.2) is 22.2 Å². The maximum absolute atomic E-state index is 11.9. The number of carboxylic acids is 1. The van der Waals surface area contributed by atoms with Gasteiger partial charge in [-0.25, -0.2) is 9.79 Å². The van der Waals surface area contributed by atoms with Gasteiger partial charge >= 0.3 is 5.97 Å². The van der Waals surface area contributed by atoms with Gasteiger partial charge in [-0.3, -0.25) is 4.79 Å². The van der Waals surface area contributed by atoms with Crippen LogP contribution < -0.4 is 5.32 Å². The number of para-hydroxylation sites is 1. The minimum absolute atomic E-state index is 0.0977. The first kappa shape index (κ1) is 14.6. The highest BCUT2D eigenvalue weighted by atomic mass is 32.2. The van der Waals surface area contributed by atoms with Gasteiger partial charge in [-0.15, -0.1) is 11.3 Å². The van der Waals surface area contributed by atoms with Gasteiger partial charge in [-0.1, -0.05) is 18.2 Å². The number of nitrogens with zero attached hydrogens (tertiary/aromatic N) is 1. The van der Waals surface area contributed by atoms with Crippen LogP contribution >= 0.6 is 23.1 Å². The predicted molar refractivity (Wildman–Crippen MR) is 88.5 cm³/mol. The van der Waals surface area contributed by atoms with E-state index in [0.29, 0.717) is 15.8 Å². The summed E-state index contributed by atoms with van der Waals surface area (Å²) in [5.41, 5.74) is 0.413. The van der Waals surface area contributed by atoms with Crippen LogP contribution in [0, 0.1) is 0 Å². The van der Waals surface area contributed by atoms with E-state index in [1.54, 1.807) is 24.3 Å². The molecule has 2 N–H and O–H groups in total. The Labute approximate surface area is 134 Å². The Morgan fingerprint density at radius 2 is 2.05 bits per heavy atom. The summed E-state index contributed by atoms with van der Waals surface area (Å²) < 4.78 is 0. The number of benzene rings is 1. The van der Waals surface area contributed by atoms with Crippen molar-refractivity contribution in [2.75, 3.05) is 0 Å². The lowest BCUT2D eigenvalue weighted by atomic mass is 10.2. The van der Waals surface area contributed by atoms with Gasteiger partial charge in [0.05, 0.1) is 16.2 Å². The topological polar surface area (TPSA) is 78.8 Å². The highest BCUT2D eigenvalue weighted by Gasteiger charge is 2.24. The van der Waals surface area contributed by atoms with Gasteiger partial charge in [-0.05, 0) is 41.4 Å². The molecule has 1 aliphatic heterocycles. The summed E-state index contributed by atoms with van der Waals surface area (Å²) >= 11 is 2.73. The van der Waals surface area contributed by atoms with Crippen LogP contribution in [0.1, 0.15) is 15.2 Å². The fourth-order valence-corrected chi connectivity index (χ4v) is 3.40. The molecule has 3 rings (SSSR count). The molecule has 1 aliphatic rings. The second kappa shape index (κ2) is 6.17. The molecule has 0 radical (unpaired) electrons. The van der Waals surface area contributed by atoms with Crippen molar-refractivity contribution in [3.05, 3.63) is 57.1 Å². The summed E-state index contributed by atoms with van der Waals surface area (Å²) in [6.07, 6.45) is 1.79. The first-order chi connectivity index (χ1) is 10.6. The molecule has 0 unspecified atom stereocenters. The number of thiophene rings is 1. The van der Waals surface area contributed by atoms with E-state index in [2.05, 4.69) is 10.3 Å². The lowest BCUT2D eigenvalue weighted by Crippen LogP contribution is -2.19. The number of hydrogen-bond acceptors (Lipinski definition) is 5. The first-order valence-corrected chi connectivity index (χ1v) is 7.98. The Balaban J connectivity index is 1.89. The molecule has 0 bridgehead atoms. The maximum atomic E-state index is 11.9. The molecule has 5 nitrogen and oxygen atoms in total. The van der Waals surface area contributed by atoms with Gasteiger partial charge in [-0.2, -0.15) is 0 Å². The van der Waals surface area contributed by atoms with E-state index in [1.165, 1.54) is 29.2 Å². The number of thioether (sulfide) groups is 1. The van der Waals surface area contributed by atoms with Crippen LogP contribution in [0.5, 0.6) is 0 Å². The number of amides is 1. The van der Waals surface area contributed by atoms with Crippen molar-refractivity contribution >= 4 is 51.9 Å². The molecule has 2 heterocycles. The molecule has 22 heavy (non-hydrogen) atoms. The average molecular weight is 330 g/mol. The standard InChI is InChI=1S/C15H10N2O3S2/c18-13-12(8-9-4-3-7-21-9)22-15(17-13)16-11-6-2-1-5-10(11)14(19)20/h1-8H,(H,19,20)(H,16,17,18)/b12-8-. The molecule has 1 amide bonds. The van der Waals surface area contributed by atoms with Crippen LogP contribution in [0.25, 0.3) is 6.08 Å². The fraction of sp³-hybridized carbons (Fsp3) is 0. The summed E-state index contributed by atoms with van der Waals surface area (Å²) in [6, 6.07) is 10.2. The van der Waals surface area contributed by atoms with Gasteiger partial charge < -0.3 is 10.4 Å². The van der Waals surface area contributed by atoms with Crippen molar-refractivity contribution in [2.24, 2.45) is 4.99 Å². The number of rotatable bonds is 3. The minimum atomic E-state index is -1.05. The van der Waals surface area contributed by atoms with E-state index in [9.17, 15) is 9.59 Å². The SMILES string of the molecule is O=C1NC(=Nc2ccccc2C(=O)O)S/C1=C\c1cccs1. The van der Waals surface area contributed by atoms with Gasteiger partial charge in [0.25, 0.3) is 5.91 Å². The molecule has 2 aromatic rings. The average Bonchev–Trinajstić information content (AvgIpc) is 3.10. The predicted octanol–water partition coefficient (Wildman–Crippen LogP) is 3.34. The summed E-state index contributed by atoms with van der Waals surface area (Å²) in [5, 5.41) is 14.1. The molecule has 0 spiro atoms. The molecule has 0 aliphatic carbocycles. The second-order valence-corrected chi connectivity index (χ2v) is 6.33. The molecule has 110 valence electrons. The molecule has 1 fully saturated rings. The Bertz CT molecular complexity index is 795. The number of hydrogen-bond donors (Lipinski definition) is 2. The minimum Gasteiger partial charge on any atom is -0.478 e. The molecule has 1 aromatic carbocycles. The van der Waals surface area contributed by atoms with E-state index in [0.717, 1.165) is 4.88 Å². The first-order valence-electron chi connectivity index (χ1n) is 6.29. The Morgan fingerprint density at radius 1 is 1.23 bits per heavy atom. The van der Waals surface area contributed by atoms with Crippen molar-refractivity contribution in [1.29, 1.82) is 0 Å². The van der Waals surface area contributed by atoms with Gasteiger partial charge in [0.1, 0.15) is 0 Å². The number of carbonyl (C=O) groups is 2. The van der Waals surface area contributed by atoms with Crippen molar-refractivity contribution in [2.45, 2.75) is 0 Å². The molecular weight excluding hydrogens is 320 g/mol. The third-order valence-corrected chi connectivity index (χ3v) is 4.55. The van der Waals surface area contributed by atoms with Crippen LogP contribution in [0.3, 0.4) is 0 Å². The monoisotopic (exact) mass is 330 g/mol. The van der Waals surface area contributed by atoms with Gasteiger partial charge in [0.2, 0.25) is 0 Å². The third-order valence-electron chi connectivity index (χ3n) is 2.82. The second-order valence-electron chi connectivity index (χ2n) is 4.32. The van der Waals surface area contributed by atoms with Gasteiger partial charge in [0.15, 0.2) is 5.17 Å². The zero-order chi connectivity index (χ0) is 15.5. The third kappa shape index (κ3) is 3.10. The van der Waals surface area contributed by atoms with E-state index < -0.39 is 5.97 Å². The number of aliphatic imine (C=N–C) groups is 1. The number of aromatic carboxylic acids is 1. The van der Waals surface area contributed by atoms with E-state index >= 15 is 0 Å². The number of carboxylic acid groups (broad SMARTS) is 1. The Hall–Kier alpha value is -2.38. The van der Waals surface area contributed by atoms with Crippen molar-refractivity contribution < 1.29 is 14.7 Å². The summed E-state index contributed by atoms with van der Waals surface area (Å²) in [5.74, 6) is -1.28. The highest BCUT2D eigenvalue weighted by Crippen LogP contribution is 2.29.